The van der Waals surface area contributed by atoms with Crippen LogP contribution in [-0.2, 0) is 11.3 Å². The third kappa shape index (κ3) is 3.88. The third-order valence-electron chi connectivity index (χ3n) is 4.41. The zero-order chi connectivity index (χ0) is 20.4. The lowest BCUT2D eigenvalue weighted by molar-refractivity contribution is 0.0461. The standard InChI is InChI=1S/C22H16ClN3O3/c1-14-11-19(27)20(25-26(14)17-8-3-2-4-9-17)22(28)29-13-16-12-15-7-5-6-10-18(15)24-21(16)23/h2-12H,13H2,1H3. The molecular weight excluding hydrogens is 390 g/mol. The minimum atomic E-state index is -0.816. The number of para-hydroxylation sites is 2. The van der Waals surface area contributed by atoms with E-state index in [1.165, 1.54) is 10.7 Å². The van der Waals surface area contributed by atoms with Crippen molar-refractivity contribution in [3.8, 4) is 5.69 Å². The zero-order valence-corrected chi connectivity index (χ0v) is 16.3. The highest BCUT2D eigenvalue weighted by atomic mass is 35.5. The SMILES string of the molecule is Cc1cc(=O)c(C(=O)OCc2cc3ccccc3nc2Cl)nn1-c1ccccc1. The van der Waals surface area contributed by atoms with E-state index < -0.39 is 11.4 Å². The maximum absolute atomic E-state index is 12.5. The van der Waals surface area contributed by atoms with Crippen LogP contribution in [0.15, 0.2) is 71.5 Å². The molecule has 2 aromatic carbocycles. The fraction of sp³-hybridized carbons (Fsp3) is 0.0909. The fourth-order valence-electron chi connectivity index (χ4n) is 2.97. The lowest BCUT2D eigenvalue weighted by Gasteiger charge is -2.11. The number of benzene rings is 2. The number of aromatic nitrogens is 3. The zero-order valence-electron chi connectivity index (χ0n) is 15.5. The molecule has 7 heteroatoms. The molecule has 144 valence electrons. The van der Waals surface area contributed by atoms with Crippen LogP contribution < -0.4 is 5.43 Å². The van der Waals surface area contributed by atoms with Crippen LogP contribution in [0.4, 0.5) is 0 Å². The molecular formula is C22H16ClN3O3. The van der Waals surface area contributed by atoms with Gasteiger partial charge in [0.25, 0.3) is 0 Å². The number of carbonyl (C=O) groups excluding carboxylic acids is 1. The van der Waals surface area contributed by atoms with E-state index in [-0.39, 0.29) is 17.5 Å². The van der Waals surface area contributed by atoms with Crippen molar-refractivity contribution in [3.05, 3.63) is 99.1 Å². The molecule has 0 aliphatic carbocycles. The summed E-state index contributed by atoms with van der Waals surface area (Å²) < 4.78 is 6.85. The smallest absolute Gasteiger partial charge is 0.363 e. The van der Waals surface area contributed by atoms with Crippen LogP contribution >= 0.6 is 11.6 Å². The Morgan fingerprint density at radius 3 is 2.59 bits per heavy atom. The molecule has 0 saturated carbocycles. The summed E-state index contributed by atoms with van der Waals surface area (Å²) in [6, 6.07) is 19.9. The van der Waals surface area contributed by atoms with Crippen LogP contribution in [0.2, 0.25) is 5.15 Å². The second-order valence-electron chi connectivity index (χ2n) is 6.45. The predicted molar refractivity (Wildman–Crippen MR) is 110 cm³/mol. The molecule has 0 amide bonds. The Morgan fingerprint density at radius 1 is 1.07 bits per heavy atom. The van der Waals surface area contributed by atoms with Crippen LogP contribution in [0.5, 0.6) is 0 Å². The number of rotatable bonds is 4. The first-order valence-corrected chi connectivity index (χ1v) is 9.28. The lowest BCUT2D eigenvalue weighted by Crippen LogP contribution is -2.24. The minimum Gasteiger partial charge on any atom is -0.456 e. The van der Waals surface area contributed by atoms with Gasteiger partial charge in [0.1, 0.15) is 11.8 Å². The Hall–Kier alpha value is -3.51. The lowest BCUT2D eigenvalue weighted by atomic mass is 10.2. The van der Waals surface area contributed by atoms with Crippen molar-refractivity contribution in [2.24, 2.45) is 0 Å². The monoisotopic (exact) mass is 405 g/mol. The number of pyridine rings is 1. The van der Waals surface area contributed by atoms with Gasteiger partial charge in [-0.3, -0.25) is 4.79 Å². The van der Waals surface area contributed by atoms with Gasteiger partial charge in [0.15, 0.2) is 0 Å². The molecule has 29 heavy (non-hydrogen) atoms. The van der Waals surface area contributed by atoms with E-state index in [1.54, 1.807) is 6.92 Å². The van der Waals surface area contributed by atoms with Gasteiger partial charge in [0.05, 0.1) is 11.2 Å². The van der Waals surface area contributed by atoms with E-state index >= 15 is 0 Å². The van der Waals surface area contributed by atoms with Gasteiger partial charge in [-0.2, -0.15) is 5.10 Å². The second-order valence-corrected chi connectivity index (χ2v) is 6.81. The molecule has 0 fully saturated rings. The van der Waals surface area contributed by atoms with Crippen LogP contribution in [-0.4, -0.2) is 20.7 Å². The number of halogens is 1. The van der Waals surface area contributed by atoms with Gasteiger partial charge < -0.3 is 4.74 Å². The number of hydrogen-bond donors (Lipinski definition) is 0. The Kier molecular flexibility index (Phi) is 5.10. The van der Waals surface area contributed by atoms with Crippen molar-refractivity contribution >= 4 is 28.5 Å². The van der Waals surface area contributed by atoms with Crippen molar-refractivity contribution in [3.63, 3.8) is 0 Å². The van der Waals surface area contributed by atoms with Crippen molar-refractivity contribution in [1.29, 1.82) is 0 Å². The average molecular weight is 406 g/mol. The summed E-state index contributed by atoms with van der Waals surface area (Å²) >= 11 is 6.21. The van der Waals surface area contributed by atoms with Gasteiger partial charge in [-0.15, -0.1) is 0 Å². The summed E-state index contributed by atoms with van der Waals surface area (Å²) in [4.78, 5) is 29.2. The maximum atomic E-state index is 12.5. The van der Waals surface area contributed by atoms with Gasteiger partial charge in [-0.25, -0.2) is 14.5 Å². The van der Waals surface area contributed by atoms with E-state index in [4.69, 9.17) is 16.3 Å². The van der Waals surface area contributed by atoms with Gasteiger partial charge >= 0.3 is 5.97 Å². The molecule has 4 aromatic rings. The molecule has 0 bridgehead atoms. The van der Waals surface area contributed by atoms with Gasteiger partial charge in [0, 0.05) is 22.7 Å². The number of aryl methyl sites for hydroxylation is 1. The van der Waals surface area contributed by atoms with Crippen LogP contribution in [0.1, 0.15) is 21.7 Å². The summed E-state index contributed by atoms with van der Waals surface area (Å²) in [7, 11) is 0. The van der Waals surface area contributed by atoms with E-state index in [2.05, 4.69) is 10.1 Å². The summed E-state index contributed by atoms with van der Waals surface area (Å²) in [5.74, 6) is -0.816. The minimum absolute atomic E-state index is 0.115. The number of hydrogen-bond acceptors (Lipinski definition) is 5. The largest absolute Gasteiger partial charge is 0.456 e. The Bertz CT molecular complexity index is 1270. The normalized spacial score (nSPS) is 10.8. The predicted octanol–water partition coefficient (Wildman–Crippen LogP) is 4.10. The molecule has 0 saturated heterocycles. The molecule has 6 nitrogen and oxygen atoms in total. The number of carbonyl (C=O) groups is 1. The first kappa shape index (κ1) is 18.8. The van der Waals surface area contributed by atoms with Gasteiger partial charge in [-0.05, 0) is 31.2 Å². The fourth-order valence-corrected chi connectivity index (χ4v) is 3.17. The first-order valence-electron chi connectivity index (χ1n) is 8.90. The number of fused-ring (bicyclic) bond motifs is 1. The molecule has 0 atom stereocenters. The molecule has 0 spiro atoms. The maximum Gasteiger partial charge on any atom is 0.363 e. The van der Waals surface area contributed by atoms with E-state index in [0.29, 0.717) is 11.3 Å². The molecule has 2 heterocycles. The Morgan fingerprint density at radius 2 is 1.79 bits per heavy atom. The summed E-state index contributed by atoms with van der Waals surface area (Å²) in [5, 5.41) is 5.33. The topological polar surface area (TPSA) is 74.1 Å². The van der Waals surface area contributed by atoms with Crippen molar-refractivity contribution < 1.29 is 9.53 Å². The summed E-state index contributed by atoms with van der Waals surface area (Å²) in [6.45, 7) is 1.63. The molecule has 0 radical (unpaired) electrons. The highest BCUT2D eigenvalue weighted by Gasteiger charge is 2.18. The van der Waals surface area contributed by atoms with Crippen molar-refractivity contribution in [2.45, 2.75) is 13.5 Å². The van der Waals surface area contributed by atoms with E-state index in [1.807, 2.05) is 60.7 Å². The van der Waals surface area contributed by atoms with E-state index in [9.17, 15) is 9.59 Å². The van der Waals surface area contributed by atoms with Crippen molar-refractivity contribution in [1.82, 2.24) is 14.8 Å². The highest BCUT2D eigenvalue weighted by Crippen LogP contribution is 2.21. The van der Waals surface area contributed by atoms with Gasteiger partial charge in [0.2, 0.25) is 11.1 Å². The summed E-state index contributed by atoms with van der Waals surface area (Å²) in [6.07, 6.45) is 0. The molecule has 0 aliphatic heterocycles. The van der Waals surface area contributed by atoms with Crippen molar-refractivity contribution in [2.75, 3.05) is 0 Å². The van der Waals surface area contributed by atoms with Crippen LogP contribution in [0, 0.1) is 6.92 Å². The molecule has 0 N–H and O–H groups in total. The quantitative estimate of drug-likeness (QED) is 0.377. The Balaban J connectivity index is 1.61. The molecule has 0 unspecified atom stereocenters. The molecule has 0 aliphatic rings. The average Bonchev–Trinajstić information content (AvgIpc) is 2.72. The highest BCUT2D eigenvalue weighted by molar-refractivity contribution is 6.30. The summed E-state index contributed by atoms with van der Waals surface area (Å²) in [5.41, 5.74) is 1.86. The molecule has 2 aromatic heterocycles. The Labute approximate surface area is 171 Å². The molecule has 4 rings (SSSR count). The second kappa shape index (κ2) is 7.85. The van der Waals surface area contributed by atoms with Gasteiger partial charge in [-0.1, -0.05) is 48.0 Å². The first-order chi connectivity index (χ1) is 14.0. The third-order valence-corrected chi connectivity index (χ3v) is 4.74. The van der Waals surface area contributed by atoms with Crippen LogP contribution in [0.3, 0.4) is 0 Å². The van der Waals surface area contributed by atoms with Crippen LogP contribution in [0.25, 0.3) is 16.6 Å². The number of nitrogens with zero attached hydrogens (tertiary/aromatic N) is 3. The number of ether oxygens (including phenoxy) is 1. The number of esters is 1. The van der Waals surface area contributed by atoms with E-state index in [0.717, 1.165) is 16.6 Å².